The van der Waals surface area contributed by atoms with Gasteiger partial charge < -0.3 is 25.5 Å². The number of likely N-dealkylation sites (tertiary alicyclic amines) is 1. The predicted octanol–water partition coefficient (Wildman–Crippen LogP) is 2.35. The summed E-state index contributed by atoms with van der Waals surface area (Å²) in [5.74, 6) is 1.46. The molecule has 0 spiro atoms. The van der Waals surface area contributed by atoms with Gasteiger partial charge in [0, 0.05) is 13.1 Å². The average Bonchev–Trinajstić information content (AvgIpc) is 3.50. The molecule has 33 heavy (non-hydrogen) atoms. The van der Waals surface area contributed by atoms with Gasteiger partial charge >= 0.3 is 5.97 Å². The van der Waals surface area contributed by atoms with Gasteiger partial charge in [-0.1, -0.05) is 12.1 Å². The monoisotopic (exact) mass is 448 g/mol. The fourth-order valence-corrected chi connectivity index (χ4v) is 4.11. The molecule has 11 nitrogen and oxygen atoms in total. The molecule has 3 aromatic heterocycles. The third-order valence-corrected chi connectivity index (χ3v) is 5.90. The number of benzene rings is 1. The molecule has 4 N–H and O–H groups in total. The fraction of sp³-hybridized carbons (Fsp3) is 0.318. The van der Waals surface area contributed by atoms with Gasteiger partial charge in [-0.2, -0.15) is 19.5 Å². The van der Waals surface area contributed by atoms with Crippen molar-refractivity contribution in [2.24, 2.45) is 0 Å². The van der Waals surface area contributed by atoms with E-state index in [1.165, 1.54) is 10.1 Å². The second-order valence-electron chi connectivity index (χ2n) is 8.00. The maximum absolute atomic E-state index is 11.0. The molecule has 4 aromatic rings. The van der Waals surface area contributed by atoms with E-state index in [0.29, 0.717) is 41.3 Å². The zero-order valence-corrected chi connectivity index (χ0v) is 17.9. The number of aromatic carboxylic acids is 1. The number of nitrogens with zero attached hydrogens (tertiary/aromatic N) is 6. The average molecular weight is 448 g/mol. The summed E-state index contributed by atoms with van der Waals surface area (Å²) in [4.78, 5) is 26.5. The van der Waals surface area contributed by atoms with E-state index in [1.807, 2.05) is 12.1 Å². The molecule has 1 fully saturated rings. The van der Waals surface area contributed by atoms with E-state index in [2.05, 4.69) is 30.3 Å². The molecule has 1 saturated heterocycles. The number of furan rings is 1. The van der Waals surface area contributed by atoms with Crippen molar-refractivity contribution in [3.05, 3.63) is 53.8 Å². The van der Waals surface area contributed by atoms with Crippen molar-refractivity contribution in [2.75, 3.05) is 37.2 Å². The fourth-order valence-electron chi connectivity index (χ4n) is 4.11. The number of nitrogen functional groups attached to an aromatic ring is 1. The summed E-state index contributed by atoms with van der Waals surface area (Å²) >= 11 is 0. The standard InChI is InChI=1S/C22H24N8O3/c23-20-26-21(27-22-25-18(28-30(20)22)17-2-1-13-33-17)24-9-12-29-10-7-15(8-11-29)14-3-5-16(6-4-14)19(31)32/h1-6,13,15H,7-12H2,(H,31,32)(H3,23,24,25,26,27,28). The molecule has 0 radical (unpaired) electrons. The number of hydrogen-bond acceptors (Lipinski definition) is 9. The van der Waals surface area contributed by atoms with Crippen LogP contribution in [0.5, 0.6) is 0 Å². The number of carbonyl (C=O) groups is 1. The van der Waals surface area contributed by atoms with Gasteiger partial charge in [0.1, 0.15) is 0 Å². The normalized spacial score (nSPS) is 15.2. The van der Waals surface area contributed by atoms with Crippen molar-refractivity contribution in [2.45, 2.75) is 18.8 Å². The first-order valence-corrected chi connectivity index (χ1v) is 10.8. The Morgan fingerprint density at radius 2 is 1.94 bits per heavy atom. The topological polar surface area (TPSA) is 148 Å². The van der Waals surface area contributed by atoms with Crippen LogP contribution >= 0.6 is 0 Å². The number of fused-ring (bicyclic) bond motifs is 1. The maximum Gasteiger partial charge on any atom is 0.335 e. The summed E-state index contributed by atoms with van der Waals surface area (Å²) in [6.45, 7) is 3.48. The Morgan fingerprint density at radius 1 is 1.15 bits per heavy atom. The molecule has 1 aliphatic heterocycles. The van der Waals surface area contributed by atoms with Crippen LogP contribution in [0.3, 0.4) is 0 Å². The molecule has 4 heterocycles. The number of carboxylic acids is 1. The Bertz CT molecular complexity index is 1240. The molecule has 1 aromatic carbocycles. The summed E-state index contributed by atoms with van der Waals surface area (Å²) in [6, 6.07) is 10.8. The zero-order chi connectivity index (χ0) is 22.8. The predicted molar refractivity (Wildman–Crippen MR) is 121 cm³/mol. The van der Waals surface area contributed by atoms with Gasteiger partial charge in [0.05, 0.1) is 11.8 Å². The lowest BCUT2D eigenvalue weighted by molar-refractivity contribution is 0.0697. The zero-order valence-electron chi connectivity index (χ0n) is 17.9. The molecule has 0 unspecified atom stereocenters. The highest BCUT2D eigenvalue weighted by atomic mass is 16.4. The van der Waals surface area contributed by atoms with Crippen molar-refractivity contribution in [3.8, 4) is 11.6 Å². The molecule has 1 aliphatic rings. The third kappa shape index (κ3) is 4.48. The van der Waals surface area contributed by atoms with E-state index in [1.54, 1.807) is 30.5 Å². The van der Waals surface area contributed by atoms with Gasteiger partial charge in [0.2, 0.25) is 17.7 Å². The van der Waals surface area contributed by atoms with Crippen LogP contribution < -0.4 is 11.1 Å². The first-order valence-electron chi connectivity index (χ1n) is 10.8. The van der Waals surface area contributed by atoms with Crippen LogP contribution in [0.1, 0.15) is 34.7 Å². The largest absolute Gasteiger partial charge is 0.478 e. The van der Waals surface area contributed by atoms with Crippen LogP contribution in [-0.4, -0.2) is 66.7 Å². The minimum absolute atomic E-state index is 0.197. The number of anilines is 2. The molecular weight excluding hydrogens is 424 g/mol. The molecule has 0 atom stereocenters. The van der Waals surface area contributed by atoms with E-state index in [0.717, 1.165) is 32.5 Å². The highest BCUT2D eigenvalue weighted by Crippen LogP contribution is 2.28. The molecule has 11 heteroatoms. The van der Waals surface area contributed by atoms with Crippen LogP contribution in [0.2, 0.25) is 0 Å². The number of nitrogens with one attached hydrogen (secondary N) is 1. The van der Waals surface area contributed by atoms with Gasteiger partial charge in [-0.3, -0.25) is 0 Å². The Hall–Kier alpha value is -3.99. The van der Waals surface area contributed by atoms with Crippen molar-refractivity contribution < 1.29 is 14.3 Å². The highest BCUT2D eigenvalue weighted by molar-refractivity contribution is 5.87. The molecule has 0 aliphatic carbocycles. The number of rotatable bonds is 7. The van der Waals surface area contributed by atoms with E-state index >= 15 is 0 Å². The van der Waals surface area contributed by atoms with Crippen LogP contribution in [0.15, 0.2) is 47.1 Å². The second-order valence-corrected chi connectivity index (χ2v) is 8.00. The molecule has 0 bridgehead atoms. The van der Waals surface area contributed by atoms with Crippen molar-refractivity contribution >= 4 is 23.6 Å². The molecule has 5 rings (SSSR count). The second kappa shape index (κ2) is 8.87. The number of nitrogens with two attached hydrogens (primary N) is 1. The SMILES string of the molecule is Nc1nc(NCCN2CCC(c3ccc(C(=O)O)cc3)CC2)nc2nc(-c3ccco3)nn12. The first kappa shape index (κ1) is 20.9. The Kier molecular flexibility index (Phi) is 5.61. The van der Waals surface area contributed by atoms with Crippen LogP contribution in [-0.2, 0) is 0 Å². The third-order valence-electron chi connectivity index (χ3n) is 5.90. The lowest BCUT2D eigenvalue weighted by Gasteiger charge is -2.32. The van der Waals surface area contributed by atoms with E-state index in [9.17, 15) is 4.79 Å². The van der Waals surface area contributed by atoms with Gasteiger partial charge in [0.15, 0.2) is 5.76 Å². The van der Waals surface area contributed by atoms with Gasteiger partial charge in [-0.25, -0.2) is 4.79 Å². The van der Waals surface area contributed by atoms with E-state index in [-0.39, 0.29) is 5.95 Å². The van der Waals surface area contributed by atoms with Gasteiger partial charge in [-0.05, 0) is 61.7 Å². The number of piperidine rings is 1. The number of aromatic nitrogens is 5. The van der Waals surface area contributed by atoms with Crippen molar-refractivity contribution in [3.63, 3.8) is 0 Å². The van der Waals surface area contributed by atoms with Crippen LogP contribution in [0, 0.1) is 0 Å². The molecule has 0 amide bonds. The minimum atomic E-state index is -0.893. The molecule has 170 valence electrons. The summed E-state index contributed by atoms with van der Waals surface area (Å²) in [5, 5.41) is 16.6. The maximum atomic E-state index is 11.0. The smallest absolute Gasteiger partial charge is 0.335 e. The van der Waals surface area contributed by atoms with E-state index in [4.69, 9.17) is 15.3 Å². The molecule has 0 saturated carbocycles. The Balaban J connectivity index is 1.14. The quantitative estimate of drug-likeness (QED) is 0.385. The lowest BCUT2D eigenvalue weighted by atomic mass is 9.89. The minimum Gasteiger partial charge on any atom is -0.478 e. The summed E-state index contributed by atoms with van der Waals surface area (Å²) in [6.07, 6.45) is 3.63. The van der Waals surface area contributed by atoms with E-state index < -0.39 is 5.97 Å². The summed E-state index contributed by atoms with van der Waals surface area (Å²) in [5.41, 5.74) is 7.56. The first-order chi connectivity index (χ1) is 16.1. The number of carboxylic acid groups (broad SMARTS) is 1. The van der Waals surface area contributed by atoms with Crippen molar-refractivity contribution in [1.82, 2.24) is 29.5 Å². The highest BCUT2D eigenvalue weighted by Gasteiger charge is 2.21. The Morgan fingerprint density at radius 3 is 2.64 bits per heavy atom. The van der Waals surface area contributed by atoms with Gasteiger partial charge in [-0.15, -0.1) is 5.10 Å². The van der Waals surface area contributed by atoms with Crippen LogP contribution in [0.4, 0.5) is 11.9 Å². The lowest BCUT2D eigenvalue weighted by Crippen LogP contribution is -2.36. The van der Waals surface area contributed by atoms with Crippen LogP contribution in [0.25, 0.3) is 17.4 Å². The Labute approximate surface area is 189 Å². The molecular formula is C22H24N8O3. The summed E-state index contributed by atoms with van der Waals surface area (Å²) < 4.78 is 6.72. The van der Waals surface area contributed by atoms with Gasteiger partial charge in [0.25, 0.3) is 5.78 Å². The number of hydrogen-bond donors (Lipinski definition) is 3. The summed E-state index contributed by atoms with van der Waals surface area (Å²) in [7, 11) is 0. The van der Waals surface area contributed by atoms with Crippen molar-refractivity contribution in [1.29, 1.82) is 0 Å².